The number of methoxy groups -OCH3 is 1. The van der Waals surface area contributed by atoms with Crippen molar-refractivity contribution in [3.05, 3.63) is 88.4 Å². The summed E-state index contributed by atoms with van der Waals surface area (Å²) in [6.45, 7) is 4.93. The van der Waals surface area contributed by atoms with E-state index in [4.69, 9.17) is 27.9 Å². The number of nitrogens with zero attached hydrogens (tertiary/aromatic N) is 2. The summed E-state index contributed by atoms with van der Waals surface area (Å²) >= 11 is 12.5. The standard InChI is InChI=1S/C29H33Cl2N3O5S/c1-5-26(29(36)32-20(2)3)33(18-21-11-14-23(39-4)15-12-21)28(35)19-34(27-16-13-22(30)17-25(27)31)40(37,38)24-9-7-6-8-10-24/h6-17,20,26H,5,18-19H2,1-4H3,(H,32,36)/t26-/m1/s1. The average molecular weight is 607 g/mol. The second-order valence-corrected chi connectivity index (χ2v) is 12.1. The van der Waals surface area contributed by atoms with Crippen molar-refractivity contribution in [2.75, 3.05) is 18.0 Å². The largest absolute Gasteiger partial charge is 0.497 e. The van der Waals surface area contributed by atoms with Crippen LogP contribution in [0, 0.1) is 0 Å². The van der Waals surface area contributed by atoms with Crippen LogP contribution in [0.2, 0.25) is 10.0 Å². The van der Waals surface area contributed by atoms with Gasteiger partial charge in [0.2, 0.25) is 11.8 Å². The number of hydrogen-bond acceptors (Lipinski definition) is 5. The molecular weight excluding hydrogens is 573 g/mol. The molecule has 0 saturated heterocycles. The van der Waals surface area contributed by atoms with E-state index < -0.39 is 28.5 Å². The second kappa shape index (κ2) is 13.9. The molecule has 3 aromatic carbocycles. The number of carbonyl (C=O) groups excluding carboxylic acids is 2. The van der Waals surface area contributed by atoms with Crippen LogP contribution >= 0.6 is 23.2 Å². The molecular formula is C29H33Cl2N3O5S. The smallest absolute Gasteiger partial charge is 0.264 e. The number of amides is 2. The molecule has 0 saturated carbocycles. The fourth-order valence-electron chi connectivity index (χ4n) is 4.14. The van der Waals surface area contributed by atoms with Crippen molar-refractivity contribution in [2.24, 2.45) is 0 Å². The van der Waals surface area contributed by atoms with Crippen LogP contribution in [0.5, 0.6) is 5.75 Å². The van der Waals surface area contributed by atoms with E-state index in [1.165, 1.54) is 35.2 Å². The molecule has 0 aliphatic carbocycles. The van der Waals surface area contributed by atoms with Gasteiger partial charge in [0.25, 0.3) is 10.0 Å². The third kappa shape index (κ3) is 7.68. The number of benzene rings is 3. The molecule has 0 bridgehead atoms. The molecule has 40 heavy (non-hydrogen) atoms. The normalized spacial score (nSPS) is 12.1. The molecule has 0 aliphatic rings. The summed E-state index contributed by atoms with van der Waals surface area (Å²) in [6, 6.07) is 18.2. The summed E-state index contributed by atoms with van der Waals surface area (Å²) in [6.07, 6.45) is 0.313. The highest BCUT2D eigenvalue weighted by Gasteiger charge is 2.34. The molecule has 1 N–H and O–H groups in total. The van der Waals surface area contributed by atoms with E-state index in [-0.39, 0.29) is 34.1 Å². The Hall–Kier alpha value is -3.27. The maximum atomic E-state index is 14.0. The van der Waals surface area contributed by atoms with Crippen LogP contribution in [0.15, 0.2) is 77.7 Å². The van der Waals surface area contributed by atoms with Gasteiger partial charge in [-0.25, -0.2) is 8.42 Å². The number of carbonyl (C=O) groups is 2. The van der Waals surface area contributed by atoms with Crippen molar-refractivity contribution < 1.29 is 22.7 Å². The quantitative estimate of drug-likeness (QED) is 0.293. The van der Waals surface area contributed by atoms with Gasteiger partial charge in [-0.1, -0.05) is 60.5 Å². The SMILES string of the molecule is CC[C@H](C(=O)NC(C)C)N(Cc1ccc(OC)cc1)C(=O)CN(c1ccc(Cl)cc1Cl)S(=O)(=O)c1ccccc1. The molecule has 3 rings (SSSR count). The zero-order chi connectivity index (χ0) is 29.4. The summed E-state index contributed by atoms with van der Waals surface area (Å²) in [4.78, 5) is 28.6. The first-order valence-corrected chi connectivity index (χ1v) is 14.9. The Kier molecular flexibility index (Phi) is 10.8. The number of hydrogen-bond donors (Lipinski definition) is 1. The topological polar surface area (TPSA) is 96.0 Å². The molecule has 0 spiro atoms. The number of sulfonamides is 1. The summed E-state index contributed by atoms with van der Waals surface area (Å²) in [5.74, 6) is -0.267. The summed E-state index contributed by atoms with van der Waals surface area (Å²) < 4.78 is 33.9. The van der Waals surface area contributed by atoms with E-state index in [1.54, 1.807) is 56.5 Å². The van der Waals surface area contributed by atoms with Gasteiger partial charge in [-0.15, -0.1) is 0 Å². The fraction of sp³-hybridized carbons (Fsp3) is 0.310. The molecule has 8 nitrogen and oxygen atoms in total. The van der Waals surface area contributed by atoms with Crippen LogP contribution in [0.4, 0.5) is 5.69 Å². The maximum absolute atomic E-state index is 14.0. The molecule has 3 aromatic rings. The van der Waals surface area contributed by atoms with Crippen LogP contribution in [-0.4, -0.2) is 50.9 Å². The third-order valence-electron chi connectivity index (χ3n) is 6.12. The Morgan fingerprint density at radius 1 is 0.975 bits per heavy atom. The van der Waals surface area contributed by atoms with Gasteiger partial charge >= 0.3 is 0 Å². The Morgan fingerprint density at radius 2 is 1.62 bits per heavy atom. The molecule has 2 amide bonds. The molecule has 0 fully saturated rings. The fourth-order valence-corrected chi connectivity index (χ4v) is 6.16. The molecule has 214 valence electrons. The minimum absolute atomic E-state index is 0.0138. The van der Waals surface area contributed by atoms with Gasteiger partial charge in [0.05, 0.1) is 22.7 Å². The number of anilines is 1. The molecule has 1 atom stereocenters. The zero-order valence-corrected chi connectivity index (χ0v) is 25.1. The minimum Gasteiger partial charge on any atom is -0.497 e. The zero-order valence-electron chi connectivity index (χ0n) is 22.8. The van der Waals surface area contributed by atoms with Crippen LogP contribution in [0.25, 0.3) is 0 Å². The van der Waals surface area contributed by atoms with Crippen molar-refractivity contribution in [2.45, 2.75) is 50.7 Å². The Labute approximate surface area is 245 Å². The molecule has 0 radical (unpaired) electrons. The first kappa shape index (κ1) is 31.3. The van der Waals surface area contributed by atoms with E-state index in [1.807, 2.05) is 13.8 Å². The lowest BCUT2D eigenvalue weighted by molar-refractivity contribution is -0.140. The van der Waals surface area contributed by atoms with Gasteiger partial charge in [-0.2, -0.15) is 0 Å². The number of ether oxygens (including phenoxy) is 1. The number of rotatable bonds is 12. The van der Waals surface area contributed by atoms with E-state index >= 15 is 0 Å². The van der Waals surface area contributed by atoms with Gasteiger partial charge in [-0.3, -0.25) is 13.9 Å². The van der Waals surface area contributed by atoms with Gasteiger partial charge in [0.1, 0.15) is 18.3 Å². The van der Waals surface area contributed by atoms with Gasteiger partial charge in [-0.05, 0) is 68.3 Å². The van der Waals surface area contributed by atoms with Crippen molar-refractivity contribution in [3.8, 4) is 5.75 Å². The Balaban J connectivity index is 2.08. The van der Waals surface area contributed by atoms with Crippen molar-refractivity contribution >= 4 is 50.7 Å². The molecule has 0 aromatic heterocycles. The molecule has 11 heteroatoms. The van der Waals surface area contributed by atoms with Crippen molar-refractivity contribution in [1.29, 1.82) is 0 Å². The van der Waals surface area contributed by atoms with Gasteiger partial charge in [0, 0.05) is 17.6 Å². The highest BCUT2D eigenvalue weighted by molar-refractivity contribution is 7.92. The Bertz CT molecular complexity index is 1420. The lowest BCUT2D eigenvalue weighted by atomic mass is 10.1. The number of nitrogens with one attached hydrogen (secondary N) is 1. The summed E-state index contributed by atoms with van der Waals surface area (Å²) in [5, 5.41) is 3.24. The van der Waals surface area contributed by atoms with Crippen molar-refractivity contribution in [1.82, 2.24) is 10.2 Å². The molecule has 0 unspecified atom stereocenters. The van der Waals surface area contributed by atoms with Crippen LogP contribution < -0.4 is 14.4 Å². The minimum atomic E-state index is -4.23. The average Bonchev–Trinajstić information content (AvgIpc) is 2.92. The van der Waals surface area contributed by atoms with E-state index in [0.29, 0.717) is 17.2 Å². The summed E-state index contributed by atoms with van der Waals surface area (Å²) in [5.41, 5.74) is 0.833. The van der Waals surface area contributed by atoms with Crippen LogP contribution in [0.3, 0.4) is 0 Å². The lowest BCUT2D eigenvalue weighted by Crippen LogP contribution is -2.53. The Morgan fingerprint density at radius 3 is 2.17 bits per heavy atom. The molecule has 0 heterocycles. The first-order valence-electron chi connectivity index (χ1n) is 12.7. The lowest BCUT2D eigenvalue weighted by Gasteiger charge is -2.33. The van der Waals surface area contributed by atoms with Crippen LogP contribution in [0.1, 0.15) is 32.8 Å². The summed E-state index contributed by atoms with van der Waals surface area (Å²) in [7, 11) is -2.68. The third-order valence-corrected chi connectivity index (χ3v) is 8.43. The van der Waals surface area contributed by atoms with E-state index in [0.717, 1.165) is 9.87 Å². The highest BCUT2D eigenvalue weighted by Crippen LogP contribution is 2.33. The van der Waals surface area contributed by atoms with Gasteiger partial charge in [0.15, 0.2) is 0 Å². The van der Waals surface area contributed by atoms with E-state index in [9.17, 15) is 18.0 Å². The highest BCUT2D eigenvalue weighted by atomic mass is 35.5. The predicted octanol–water partition coefficient (Wildman–Crippen LogP) is 5.53. The monoisotopic (exact) mass is 605 g/mol. The first-order chi connectivity index (χ1) is 19.0. The molecule has 0 aliphatic heterocycles. The van der Waals surface area contributed by atoms with Crippen LogP contribution in [-0.2, 0) is 26.2 Å². The van der Waals surface area contributed by atoms with E-state index in [2.05, 4.69) is 5.32 Å². The predicted molar refractivity (Wildman–Crippen MR) is 158 cm³/mol. The van der Waals surface area contributed by atoms with Gasteiger partial charge < -0.3 is 15.0 Å². The second-order valence-electron chi connectivity index (χ2n) is 9.38. The maximum Gasteiger partial charge on any atom is 0.264 e. The number of halogens is 2. The van der Waals surface area contributed by atoms with Crippen molar-refractivity contribution in [3.63, 3.8) is 0 Å².